The molecule has 0 saturated carbocycles. The van der Waals surface area contributed by atoms with Crippen LogP contribution in [0.5, 0.6) is 11.5 Å². The number of nitrogens with zero attached hydrogens (tertiary/aromatic N) is 1. The minimum Gasteiger partial charge on any atom is -0.491 e. The van der Waals surface area contributed by atoms with E-state index in [2.05, 4.69) is 23.7 Å². The molecular weight excluding hydrogens is 540 g/mol. The Labute approximate surface area is 246 Å². The number of esters is 1. The molecule has 0 aliphatic heterocycles. The Balaban J connectivity index is 1.55. The molecule has 41 heavy (non-hydrogen) atoms. The van der Waals surface area contributed by atoms with Crippen LogP contribution in [-0.4, -0.2) is 35.8 Å². The Kier molecular flexibility index (Phi) is 9.28. The highest BCUT2D eigenvalue weighted by Crippen LogP contribution is 2.31. The van der Waals surface area contributed by atoms with E-state index in [4.69, 9.17) is 25.8 Å². The molecule has 1 N–H and O–H groups in total. The number of hydrogen-bond acceptors (Lipinski definition) is 5. The highest BCUT2D eigenvalue weighted by molar-refractivity contribution is 6.32. The summed E-state index contributed by atoms with van der Waals surface area (Å²) < 4.78 is 18.5. The summed E-state index contributed by atoms with van der Waals surface area (Å²) in [6.45, 7) is 12.2. The quantitative estimate of drug-likeness (QED) is 0.202. The van der Waals surface area contributed by atoms with Gasteiger partial charge in [-0.25, -0.2) is 4.79 Å². The van der Waals surface area contributed by atoms with Crippen LogP contribution in [-0.2, 0) is 16.1 Å². The number of aromatic nitrogens is 1. The first-order chi connectivity index (χ1) is 19.5. The Morgan fingerprint density at radius 2 is 1.71 bits per heavy atom. The van der Waals surface area contributed by atoms with Crippen LogP contribution in [0.25, 0.3) is 10.9 Å². The summed E-state index contributed by atoms with van der Waals surface area (Å²) >= 11 is 6.34. The Bertz CT molecular complexity index is 1580. The largest absolute Gasteiger partial charge is 0.491 e. The van der Waals surface area contributed by atoms with Crippen LogP contribution in [0.3, 0.4) is 0 Å². The third kappa shape index (κ3) is 6.85. The van der Waals surface area contributed by atoms with Gasteiger partial charge < -0.3 is 24.1 Å². The average Bonchev–Trinajstić information content (AvgIpc) is 3.18. The number of fused-ring (bicyclic) bond motifs is 1. The van der Waals surface area contributed by atoms with Crippen LogP contribution in [0, 0.1) is 13.8 Å². The van der Waals surface area contributed by atoms with Crippen LogP contribution in [0.4, 0.5) is 0 Å². The molecule has 0 bridgehead atoms. The smallest absolute Gasteiger partial charge is 0.346 e. The number of aryl methyl sites for hydroxylation is 1. The summed E-state index contributed by atoms with van der Waals surface area (Å²) in [6.07, 6.45) is -0.708. The molecule has 4 rings (SSSR count). The van der Waals surface area contributed by atoms with Crippen molar-refractivity contribution in [3.63, 3.8) is 0 Å². The minimum atomic E-state index is -0.784. The maximum Gasteiger partial charge on any atom is 0.346 e. The molecule has 3 aromatic carbocycles. The zero-order valence-electron chi connectivity index (χ0n) is 24.6. The van der Waals surface area contributed by atoms with Gasteiger partial charge in [-0.1, -0.05) is 29.8 Å². The molecule has 8 heteroatoms. The second-order valence-corrected chi connectivity index (χ2v) is 10.9. The lowest BCUT2D eigenvalue weighted by Gasteiger charge is -2.17. The molecule has 0 saturated heterocycles. The third-order valence-corrected chi connectivity index (χ3v) is 7.46. The zero-order valence-corrected chi connectivity index (χ0v) is 25.3. The Hall–Kier alpha value is -3.97. The van der Waals surface area contributed by atoms with E-state index in [1.54, 1.807) is 13.0 Å². The zero-order chi connectivity index (χ0) is 29.8. The number of ether oxygens (including phenoxy) is 3. The van der Waals surface area contributed by atoms with Crippen molar-refractivity contribution < 1.29 is 23.8 Å². The van der Waals surface area contributed by atoms with Gasteiger partial charge in [0.2, 0.25) is 0 Å². The molecule has 0 spiro atoms. The molecular formula is C33H37ClN2O5. The van der Waals surface area contributed by atoms with Crippen molar-refractivity contribution >= 4 is 34.4 Å². The fourth-order valence-corrected chi connectivity index (χ4v) is 4.97. The molecule has 0 radical (unpaired) electrons. The van der Waals surface area contributed by atoms with Crippen molar-refractivity contribution in [1.29, 1.82) is 0 Å². The Morgan fingerprint density at radius 3 is 2.41 bits per heavy atom. The van der Waals surface area contributed by atoms with E-state index in [0.29, 0.717) is 22.9 Å². The first-order valence-electron chi connectivity index (χ1n) is 13.7. The summed E-state index contributed by atoms with van der Waals surface area (Å²) in [4.78, 5) is 25.1. The molecule has 216 valence electrons. The number of amides is 1. The van der Waals surface area contributed by atoms with Gasteiger partial charge in [0.25, 0.3) is 5.91 Å². The number of benzene rings is 3. The lowest BCUT2D eigenvalue weighted by atomic mass is 10.1. The predicted molar refractivity (Wildman–Crippen MR) is 162 cm³/mol. The standard InChI is InChI=1S/C33H37ClN2O5/c1-19(2)40-27-10-8-9-25(16-27)21(4)35-32(37)26-12-14-30-28(17-26)20(3)22(5)36(30)18-24-11-13-29(34)31(15-24)41-23(6)33(38)39-7/h8-17,19,21,23H,18H2,1-7H3,(H,35,37)/t21-,23?/m0/s1. The van der Waals surface area contributed by atoms with Crippen molar-refractivity contribution in [2.45, 2.75) is 66.3 Å². The van der Waals surface area contributed by atoms with Gasteiger partial charge in [-0.2, -0.15) is 0 Å². The fourth-order valence-electron chi connectivity index (χ4n) is 4.81. The van der Waals surface area contributed by atoms with Gasteiger partial charge in [0.15, 0.2) is 6.10 Å². The SMILES string of the molecule is COC(=O)C(C)Oc1cc(Cn2c(C)c(C)c3cc(C(=O)N[C@@H](C)c4cccc(OC(C)C)c4)ccc32)ccc1Cl. The van der Waals surface area contributed by atoms with Crippen molar-refractivity contribution in [1.82, 2.24) is 9.88 Å². The van der Waals surface area contributed by atoms with E-state index in [9.17, 15) is 9.59 Å². The summed E-state index contributed by atoms with van der Waals surface area (Å²) in [7, 11) is 1.32. The van der Waals surface area contributed by atoms with Gasteiger partial charge in [-0.15, -0.1) is 0 Å². The molecule has 0 aliphatic rings. The van der Waals surface area contributed by atoms with E-state index >= 15 is 0 Å². The first-order valence-corrected chi connectivity index (χ1v) is 14.1. The van der Waals surface area contributed by atoms with Gasteiger partial charge in [0.05, 0.1) is 24.3 Å². The molecule has 1 unspecified atom stereocenters. The molecule has 1 aromatic heterocycles. The Morgan fingerprint density at radius 1 is 0.951 bits per heavy atom. The molecule has 7 nitrogen and oxygen atoms in total. The number of hydrogen-bond donors (Lipinski definition) is 1. The van der Waals surface area contributed by atoms with E-state index in [0.717, 1.165) is 39.0 Å². The van der Waals surface area contributed by atoms with Crippen LogP contribution >= 0.6 is 11.6 Å². The first kappa shape index (κ1) is 30.0. The monoisotopic (exact) mass is 576 g/mol. The topological polar surface area (TPSA) is 78.8 Å². The van der Waals surface area contributed by atoms with E-state index in [1.165, 1.54) is 7.11 Å². The third-order valence-electron chi connectivity index (χ3n) is 7.15. The number of carbonyl (C=O) groups is 2. The summed E-state index contributed by atoms with van der Waals surface area (Å²) in [6, 6.07) is 18.9. The number of nitrogens with one attached hydrogen (secondary N) is 1. The minimum absolute atomic E-state index is 0.0752. The molecule has 0 fully saturated rings. The number of carbonyl (C=O) groups excluding carboxylic acids is 2. The molecule has 0 aliphatic carbocycles. The van der Waals surface area contributed by atoms with E-state index < -0.39 is 12.1 Å². The fraction of sp³-hybridized carbons (Fsp3) is 0.333. The van der Waals surface area contributed by atoms with Crippen molar-refractivity contribution in [2.24, 2.45) is 0 Å². The van der Waals surface area contributed by atoms with Crippen molar-refractivity contribution in [3.05, 3.63) is 93.6 Å². The number of rotatable bonds is 10. The van der Waals surface area contributed by atoms with Crippen LogP contribution in [0.1, 0.15) is 66.5 Å². The van der Waals surface area contributed by atoms with Gasteiger partial charge in [0.1, 0.15) is 11.5 Å². The maximum atomic E-state index is 13.2. The summed E-state index contributed by atoms with van der Waals surface area (Å²) in [5.41, 5.74) is 5.74. The number of methoxy groups -OCH3 is 1. The summed E-state index contributed by atoms with van der Waals surface area (Å²) in [5, 5.41) is 4.55. The second-order valence-electron chi connectivity index (χ2n) is 10.5. The molecule has 1 heterocycles. The lowest BCUT2D eigenvalue weighted by Crippen LogP contribution is -2.26. The highest BCUT2D eigenvalue weighted by Gasteiger charge is 2.19. The maximum absolute atomic E-state index is 13.2. The van der Waals surface area contributed by atoms with E-state index in [1.807, 2.05) is 75.4 Å². The summed E-state index contributed by atoms with van der Waals surface area (Å²) in [5.74, 6) is 0.586. The average molecular weight is 577 g/mol. The van der Waals surface area contributed by atoms with Crippen LogP contribution in [0.15, 0.2) is 60.7 Å². The van der Waals surface area contributed by atoms with Crippen LogP contribution in [0.2, 0.25) is 5.02 Å². The van der Waals surface area contributed by atoms with Gasteiger partial charge in [0, 0.05) is 28.7 Å². The van der Waals surface area contributed by atoms with Crippen LogP contribution < -0.4 is 14.8 Å². The van der Waals surface area contributed by atoms with Gasteiger partial charge >= 0.3 is 5.97 Å². The number of halogens is 1. The van der Waals surface area contributed by atoms with Gasteiger partial charge in [-0.3, -0.25) is 4.79 Å². The molecule has 4 aromatic rings. The van der Waals surface area contributed by atoms with Gasteiger partial charge in [-0.05, 0) is 101 Å². The molecule has 2 atom stereocenters. The predicted octanol–water partition coefficient (Wildman–Crippen LogP) is 7.18. The van der Waals surface area contributed by atoms with E-state index in [-0.39, 0.29) is 18.1 Å². The van der Waals surface area contributed by atoms with Crippen molar-refractivity contribution in [2.75, 3.05) is 7.11 Å². The normalized spacial score (nSPS) is 12.7. The van der Waals surface area contributed by atoms with Crippen molar-refractivity contribution in [3.8, 4) is 11.5 Å². The highest BCUT2D eigenvalue weighted by atomic mass is 35.5. The second kappa shape index (κ2) is 12.7. The lowest BCUT2D eigenvalue weighted by molar-refractivity contribution is -0.147. The molecule has 1 amide bonds.